The molecule has 8 nitrogen and oxygen atoms in total. The third kappa shape index (κ3) is 5.28. The van der Waals surface area contributed by atoms with Gasteiger partial charge in [0.05, 0.1) is 26.9 Å². The molecular weight excluding hydrogens is 458 g/mol. The summed E-state index contributed by atoms with van der Waals surface area (Å²) in [4.78, 5) is 27.8. The summed E-state index contributed by atoms with van der Waals surface area (Å²) in [6, 6.07) is 16.6. The maximum Gasteiger partial charge on any atom is 0.258 e. The van der Waals surface area contributed by atoms with Gasteiger partial charge < -0.3 is 29.7 Å². The molecule has 2 N–H and O–H groups in total. The monoisotopic (exact) mass is 489 g/mol. The third-order valence-electron chi connectivity index (χ3n) is 6.35. The Morgan fingerprint density at radius 3 is 2.42 bits per heavy atom. The van der Waals surface area contributed by atoms with Crippen molar-refractivity contribution in [3.63, 3.8) is 0 Å². The van der Waals surface area contributed by atoms with Crippen LogP contribution in [-0.2, 0) is 19.5 Å². The van der Waals surface area contributed by atoms with Crippen LogP contribution in [0.3, 0.4) is 0 Å². The predicted octanol–water partition coefficient (Wildman–Crippen LogP) is 3.56. The first-order valence-electron chi connectivity index (χ1n) is 11.7. The third-order valence-corrected chi connectivity index (χ3v) is 6.35. The topological polar surface area (TPSA) is 89.1 Å². The van der Waals surface area contributed by atoms with Gasteiger partial charge in [0.25, 0.3) is 11.8 Å². The van der Waals surface area contributed by atoms with Gasteiger partial charge in [-0.3, -0.25) is 9.59 Å². The van der Waals surface area contributed by atoms with Gasteiger partial charge in [0.1, 0.15) is 5.75 Å². The zero-order valence-corrected chi connectivity index (χ0v) is 21.0. The Hall–Kier alpha value is -4.04. The van der Waals surface area contributed by atoms with E-state index in [0.717, 1.165) is 30.8 Å². The summed E-state index contributed by atoms with van der Waals surface area (Å²) in [6.45, 7) is 2.03. The lowest BCUT2D eigenvalue weighted by Gasteiger charge is -2.22. The normalized spacial score (nSPS) is 12.3. The van der Waals surface area contributed by atoms with Crippen molar-refractivity contribution in [2.75, 3.05) is 39.8 Å². The highest BCUT2D eigenvalue weighted by atomic mass is 16.5. The Kier molecular flexibility index (Phi) is 7.75. The summed E-state index contributed by atoms with van der Waals surface area (Å²) in [5.74, 6) is 0.821. The molecule has 0 aromatic heterocycles. The number of fused-ring (bicyclic) bond motifs is 1. The summed E-state index contributed by atoms with van der Waals surface area (Å²) in [6.07, 6.45) is 0.996. The molecule has 0 unspecified atom stereocenters. The number of benzene rings is 3. The maximum atomic E-state index is 13.2. The number of hydrogen-bond acceptors (Lipinski definition) is 6. The van der Waals surface area contributed by atoms with Gasteiger partial charge in [0.2, 0.25) is 0 Å². The van der Waals surface area contributed by atoms with Gasteiger partial charge in [-0.25, -0.2) is 0 Å². The van der Waals surface area contributed by atoms with Gasteiger partial charge in [0.15, 0.2) is 11.5 Å². The molecule has 2 amide bonds. The molecule has 36 heavy (non-hydrogen) atoms. The van der Waals surface area contributed by atoms with E-state index in [9.17, 15) is 9.59 Å². The van der Waals surface area contributed by atoms with E-state index in [0.29, 0.717) is 28.4 Å². The van der Waals surface area contributed by atoms with E-state index in [1.54, 1.807) is 36.2 Å². The Labute approximate surface area is 211 Å². The van der Waals surface area contributed by atoms with Crippen LogP contribution in [0, 0.1) is 0 Å². The van der Waals surface area contributed by atoms with Crippen LogP contribution >= 0.6 is 0 Å². The SMILES string of the molecule is COc1cc(OC)c(C(=O)NCc2cccc(C(=O)N(C)c3ccc4c(c3)CNCC4)c2)cc1OC. The lowest BCUT2D eigenvalue weighted by molar-refractivity contribution is 0.0946. The fourth-order valence-electron chi connectivity index (χ4n) is 4.28. The van der Waals surface area contributed by atoms with Gasteiger partial charge >= 0.3 is 0 Å². The molecule has 3 aromatic rings. The molecule has 1 aliphatic heterocycles. The zero-order valence-electron chi connectivity index (χ0n) is 21.0. The number of nitrogens with zero attached hydrogens (tertiary/aromatic N) is 1. The van der Waals surface area contributed by atoms with E-state index in [-0.39, 0.29) is 18.4 Å². The minimum absolute atomic E-state index is 0.117. The summed E-state index contributed by atoms with van der Waals surface area (Å²) >= 11 is 0. The van der Waals surface area contributed by atoms with Crippen molar-refractivity contribution in [1.82, 2.24) is 10.6 Å². The van der Waals surface area contributed by atoms with Gasteiger partial charge in [-0.05, 0) is 53.9 Å². The molecule has 188 valence electrons. The van der Waals surface area contributed by atoms with Crippen LogP contribution in [0.2, 0.25) is 0 Å². The van der Waals surface area contributed by atoms with Gasteiger partial charge in [-0.2, -0.15) is 0 Å². The smallest absolute Gasteiger partial charge is 0.258 e. The molecule has 0 radical (unpaired) electrons. The Bertz CT molecular complexity index is 1270. The number of ether oxygens (including phenoxy) is 3. The Morgan fingerprint density at radius 1 is 0.917 bits per heavy atom. The number of methoxy groups -OCH3 is 3. The second kappa shape index (κ2) is 11.1. The summed E-state index contributed by atoms with van der Waals surface area (Å²) < 4.78 is 16.0. The van der Waals surface area contributed by atoms with Crippen molar-refractivity contribution < 1.29 is 23.8 Å². The largest absolute Gasteiger partial charge is 0.496 e. The first-order valence-corrected chi connectivity index (χ1v) is 11.7. The number of nitrogens with one attached hydrogen (secondary N) is 2. The molecule has 0 saturated carbocycles. The first kappa shape index (κ1) is 25.1. The second-order valence-electron chi connectivity index (χ2n) is 8.53. The molecule has 0 aliphatic carbocycles. The number of rotatable bonds is 8. The minimum Gasteiger partial charge on any atom is -0.496 e. The summed E-state index contributed by atoms with van der Waals surface area (Å²) in [5, 5.41) is 6.26. The van der Waals surface area contributed by atoms with Crippen LogP contribution in [0.4, 0.5) is 5.69 Å². The summed E-state index contributed by atoms with van der Waals surface area (Å²) in [5.41, 5.74) is 5.06. The van der Waals surface area contributed by atoms with E-state index in [1.165, 1.54) is 32.5 Å². The van der Waals surface area contributed by atoms with Crippen LogP contribution in [0.25, 0.3) is 0 Å². The average Bonchev–Trinajstić information content (AvgIpc) is 2.94. The van der Waals surface area contributed by atoms with Crippen LogP contribution in [0.5, 0.6) is 17.2 Å². The lowest BCUT2D eigenvalue weighted by atomic mass is 10.00. The molecule has 0 fully saturated rings. The lowest BCUT2D eigenvalue weighted by Crippen LogP contribution is -2.28. The Balaban J connectivity index is 1.47. The van der Waals surface area contributed by atoms with Gasteiger partial charge in [-0.1, -0.05) is 18.2 Å². The first-order chi connectivity index (χ1) is 17.4. The summed E-state index contributed by atoms with van der Waals surface area (Å²) in [7, 11) is 6.29. The average molecular weight is 490 g/mol. The van der Waals surface area contributed by atoms with Crippen molar-refractivity contribution in [3.05, 3.63) is 82.4 Å². The van der Waals surface area contributed by atoms with E-state index >= 15 is 0 Å². The standard InChI is InChI=1S/C28H31N3O5/c1-31(22-9-8-19-10-11-29-17-21(19)13-22)28(33)20-7-5-6-18(12-20)16-30-27(32)23-14-25(35-3)26(36-4)15-24(23)34-2/h5-9,12-15,29H,10-11,16-17H2,1-4H3,(H,30,32). The van der Waals surface area contributed by atoms with E-state index in [4.69, 9.17) is 14.2 Å². The van der Waals surface area contributed by atoms with Crippen LogP contribution in [0.15, 0.2) is 54.6 Å². The van der Waals surface area contributed by atoms with Crippen molar-refractivity contribution in [1.29, 1.82) is 0 Å². The molecule has 1 heterocycles. The fourth-order valence-corrected chi connectivity index (χ4v) is 4.28. The number of amides is 2. The van der Waals surface area contributed by atoms with Crippen LogP contribution in [-0.4, -0.2) is 46.7 Å². The van der Waals surface area contributed by atoms with Crippen LogP contribution in [0.1, 0.15) is 37.4 Å². The Morgan fingerprint density at radius 2 is 1.67 bits per heavy atom. The minimum atomic E-state index is -0.329. The number of anilines is 1. The molecule has 4 rings (SSSR count). The fraction of sp³-hybridized carbons (Fsp3) is 0.286. The maximum absolute atomic E-state index is 13.2. The number of carbonyl (C=O) groups is 2. The second-order valence-corrected chi connectivity index (χ2v) is 8.53. The molecule has 0 bridgehead atoms. The van der Waals surface area contributed by atoms with Crippen molar-refractivity contribution in [2.45, 2.75) is 19.5 Å². The number of hydrogen-bond donors (Lipinski definition) is 2. The van der Waals surface area contributed by atoms with Gasteiger partial charge in [0, 0.05) is 43.5 Å². The van der Waals surface area contributed by atoms with E-state index in [2.05, 4.69) is 22.8 Å². The highest BCUT2D eigenvalue weighted by molar-refractivity contribution is 6.06. The highest BCUT2D eigenvalue weighted by Gasteiger charge is 2.19. The number of carbonyl (C=O) groups excluding carboxylic acids is 2. The van der Waals surface area contributed by atoms with Gasteiger partial charge in [-0.15, -0.1) is 0 Å². The molecule has 0 spiro atoms. The quantitative estimate of drug-likeness (QED) is 0.503. The zero-order chi connectivity index (χ0) is 25.7. The molecular formula is C28H31N3O5. The van der Waals surface area contributed by atoms with Crippen LogP contribution < -0.4 is 29.7 Å². The van der Waals surface area contributed by atoms with Crippen molar-refractivity contribution >= 4 is 17.5 Å². The van der Waals surface area contributed by atoms with Crippen molar-refractivity contribution in [3.8, 4) is 17.2 Å². The highest BCUT2D eigenvalue weighted by Crippen LogP contribution is 2.34. The molecule has 8 heteroatoms. The van der Waals surface area contributed by atoms with E-state index in [1.807, 2.05) is 18.2 Å². The van der Waals surface area contributed by atoms with E-state index < -0.39 is 0 Å². The molecule has 0 saturated heterocycles. The molecule has 3 aromatic carbocycles. The molecule has 0 atom stereocenters. The molecule has 1 aliphatic rings. The predicted molar refractivity (Wildman–Crippen MR) is 138 cm³/mol. The van der Waals surface area contributed by atoms with Crippen molar-refractivity contribution in [2.24, 2.45) is 0 Å².